The van der Waals surface area contributed by atoms with Gasteiger partial charge in [-0.2, -0.15) is 0 Å². The smallest absolute Gasteiger partial charge is 0.244 e. The Bertz CT molecular complexity index is 345. The first-order valence-electron chi connectivity index (χ1n) is 4.34. The van der Waals surface area contributed by atoms with Crippen LogP contribution in [0.25, 0.3) is 0 Å². The highest BCUT2D eigenvalue weighted by molar-refractivity contribution is 6.05. The summed E-state index contributed by atoms with van der Waals surface area (Å²) >= 11 is 0. The molecule has 1 unspecified atom stereocenters. The molecular weight excluding hydrogens is 184 g/mol. The van der Waals surface area contributed by atoms with E-state index in [1.807, 2.05) is 6.07 Å². The predicted molar refractivity (Wildman–Crippen MR) is 47.1 cm³/mol. The van der Waals surface area contributed by atoms with Crippen molar-refractivity contribution in [1.82, 2.24) is 10.6 Å². The number of amides is 2. The molecule has 1 atom stereocenters. The number of carbonyl (C=O) groups excluding carboxylic acids is 2. The van der Waals surface area contributed by atoms with Crippen LogP contribution < -0.4 is 10.6 Å². The van der Waals surface area contributed by atoms with Gasteiger partial charge in [0.15, 0.2) is 0 Å². The number of nitrogens with one attached hydrogen (secondary N) is 2. The first-order valence-corrected chi connectivity index (χ1v) is 4.34. The molecular formula is C9H10N2O3. The number of hydrogen-bond acceptors (Lipinski definition) is 4. The zero-order chi connectivity index (χ0) is 9.97. The Kier molecular flexibility index (Phi) is 2.32. The molecule has 0 aromatic carbocycles. The summed E-state index contributed by atoms with van der Waals surface area (Å²) in [5, 5.41) is 5.20. The Morgan fingerprint density at radius 3 is 3.00 bits per heavy atom. The van der Waals surface area contributed by atoms with E-state index in [-0.39, 0.29) is 18.2 Å². The predicted octanol–water partition coefficient (Wildman–Crippen LogP) is -0.216. The lowest BCUT2D eigenvalue weighted by Gasteiger charge is -2.06. The van der Waals surface area contributed by atoms with Crippen LogP contribution in [-0.4, -0.2) is 17.9 Å². The highest BCUT2D eigenvalue weighted by Gasteiger charge is 2.29. The minimum atomic E-state index is -0.405. The molecule has 1 aliphatic heterocycles. The van der Waals surface area contributed by atoms with Gasteiger partial charge in [0, 0.05) is 12.1 Å². The van der Waals surface area contributed by atoms with E-state index in [4.69, 9.17) is 4.42 Å². The zero-order valence-corrected chi connectivity index (χ0v) is 7.45. The maximum absolute atomic E-state index is 11.1. The Labute approximate surface area is 80.5 Å². The topological polar surface area (TPSA) is 71.3 Å². The normalized spacial score (nSPS) is 21.3. The molecule has 0 spiro atoms. The van der Waals surface area contributed by atoms with Gasteiger partial charge >= 0.3 is 0 Å². The van der Waals surface area contributed by atoms with Gasteiger partial charge in [-0.3, -0.25) is 14.9 Å². The van der Waals surface area contributed by atoms with E-state index in [0.717, 1.165) is 5.56 Å². The lowest BCUT2D eigenvalue weighted by molar-refractivity contribution is -0.125. The van der Waals surface area contributed by atoms with Crippen molar-refractivity contribution in [2.45, 2.75) is 19.0 Å². The molecule has 1 aliphatic rings. The summed E-state index contributed by atoms with van der Waals surface area (Å²) in [6, 6.07) is 1.40. The van der Waals surface area contributed by atoms with Crippen LogP contribution >= 0.6 is 0 Å². The zero-order valence-electron chi connectivity index (χ0n) is 7.45. The molecule has 5 nitrogen and oxygen atoms in total. The van der Waals surface area contributed by atoms with Crippen LogP contribution in [0.5, 0.6) is 0 Å². The Morgan fingerprint density at radius 1 is 1.57 bits per heavy atom. The number of carbonyl (C=O) groups is 2. The third kappa shape index (κ3) is 1.82. The lowest BCUT2D eigenvalue weighted by atomic mass is 10.2. The molecule has 0 aliphatic carbocycles. The van der Waals surface area contributed by atoms with Crippen molar-refractivity contribution in [2.75, 3.05) is 0 Å². The molecule has 14 heavy (non-hydrogen) atoms. The molecule has 2 rings (SSSR count). The second kappa shape index (κ2) is 3.63. The van der Waals surface area contributed by atoms with Gasteiger partial charge in [-0.15, -0.1) is 0 Å². The summed E-state index contributed by atoms with van der Waals surface area (Å²) in [6.45, 7) is 0.530. The fraction of sp³-hybridized carbons (Fsp3) is 0.333. The number of furan rings is 1. The number of hydrogen-bond donors (Lipinski definition) is 2. The van der Waals surface area contributed by atoms with Gasteiger partial charge in [0.2, 0.25) is 11.8 Å². The van der Waals surface area contributed by atoms with Gasteiger partial charge in [0.25, 0.3) is 0 Å². The molecule has 0 bridgehead atoms. The van der Waals surface area contributed by atoms with Crippen molar-refractivity contribution in [2.24, 2.45) is 0 Å². The van der Waals surface area contributed by atoms with Crippen molar-refractivity contribution < 1.29 is 14.0 Å². The number of imide groups is 1. The van der Waals surface area contributed by atoms with Crippen LogP contribution in [0.3, 0.4) is 0 Å². The fourth-order valence-corrected chi connectivity index (χ4v) is 1.35. The average Bonchev–Trinajstić information content (AvgIpc) is 2.72. The lowest BCUT2D eigenvalue weighted by Crippen LogP contribution is -2.35. The Balaban J connectivity index is 1.87. The van der Waals surface area contributed by atoms with Crippen molar-refractivity contribution in [3.05, 3.63) is 24.2 Å². The summed E-state index contributed by atoms with van der Waals surface area (Å²) in [5.74, 6) is -0.474. The second-order valence-electron chi connectivity index (χ2n) is 3.18. The quantitative estimate of drug-likeness (QED) is 0.653. The van der Waals surface area contributed by atoms with Crippen LogP contribution in [0.15, 0.2) is 23.0 Å². The third-order valence-electron chi connectivity index (χ3n) is 2.10. The molecule has 2 heterocycles. The second-order valence-corrected chi connectivity index (χ2v) is 3.18. The van der Waals surface area contributed by atoms with Crippen molar-refractivity contribution in [3.8, 4) is 0 Å². The number of rotatable bonds is 3. The largest absolute Gasteiger partial charge is 0.472 e. The van der Waals surface area contributed by atoms with Gasteiger partial charge in [-0.05, 0) is 6.07 Å². The summed E-state index contributed by atoms with van der Waals surface area (Å²) in [4.78, 5) is 22.0. The Hall–Kier alpha value is -1.62. The van der Waals surface area contributed by atoms with Crippen molar-refractivity contribution in [3.63, 3.8) is 0 Å². The average molecular weight is 194 g/mol. The molecule has 2 N–H and O–H groups in total. The monoisotopic (exact) mass is 194 g/mol. The van der Waals surface area contributed by atoms with E-state index < -0.39 is 6.04 Å². The van der Waals surface area contributed by atoms with Gasteiger partial charge in [-0.25, -0.2) is 0 Å². The minimum Gasteiger partial charge on any atom is -0.472 e. The van der Waals surface area contributed by atoms with E-state index in [9.17, 15) is 9.59 Å². The molecule has 0 radical (unpaired) electrons. The van der Waals surface area contributed by atoms with Gasteiger partial charge in [0.1, 0.15) is 0 Å². The summed E-state index contributed by atoms with van der Waals surface area (Å²) in [6.07, 6.45) is 3.38. The molecule has 74 valence electrons. The summed E-state index contributed by atoms with van der Waals surface area (Å²) in [7, 11) is 0. The van der Waals surface area contributed by atoms with Crippen LogP contribution in [-0.2, 0) is 16.1 Å². The maximum atomic E-state index is 11.1. The van der Waals surface area contributed by atoms with E-state index in [1.54, 1.807) is 12.5 Å². The standard InChI is InChI=1S/C9H10N2O3/c12-8-3-7(9(13)11-8)10-4-6-1-2-14-5-6/h1-2,5,7,10H,3-4H2,(H,11,12,13). The van der Waals surface area contributed by atoms with E-state index in [0.29, 0.717) is 6.54 Å². The summed E-state index contributed by atoms with van der Waals surface area (Å²) < 4.78 is 4.87. The van der Waals surface area contributed by atoms with Gasteiger partial charge in [0.05, 0.1) is 25.0 Å². The molecule has 1 saturated heterocycles. The van der Waals surface area contributed by atoms with Crippen LogP contribution in [0.4, 0.5) is 0 Å². The van der Waals surface area contributed by atoms with E-state index in [1.165, 1.54) is 0 Å². The van der Waals surface area contributed by atoms with E-state index in [2.05, 4.69) is 10.6 Å². The van der Waals surface area contributed by atoms with Crippen LogP contribution in [0.1, 0.15) is 12.0 Å². The fourth-order valence-electron chi connectivity index (χ4n) is 1.35. The van der Waals surface area contributed by atoms with E-state index >= 15 is 0 Å². The van der Waals surface area contributed by atoms with Crippen molar-refractivity contribution >= 4 is 11.8 Å². The molecule has 1 aromatic heterocycles. The van der Waals surface area contributed by atoms with Gasteiger partial charge in [-0.1, -0.05) is 0 Å². The SMILES string of the molecule is O=C1CC(NCc2ccoc2)C(=O)N1. The molecule has 1 fully saturated rings. The van der Waals surface area contributed by atoms with Gasteiger partial charge < -0.3 is 9.73 Å². The first kappa shape index (κ1) is 8.96. The highest BCUT2D eigenvalue weighted by atomic mass is 16.3. The highest BCUT2D eigenvalue weighted by Crippen LogP contribution is 2.04. The molecule has 1 aromatic rings. The minimum absolute atomic E-state index is 0.219. The van der Waals surface area contributed by atoms with Crippen molar-refractivity contribution in [1.29, 1.82) is 0 Å². The van der Waals surface area contributed by atoms with Crippen LogP contribution in [0.2, 0.25) is 0 Å². The van der Waals surface area contributed by atoms with Crippen LogP contribution in [0, 0.1) is 0 Å². The summed E-state index contributed by atoms with van der Waals surface area (Å²) in [5.41, 5.74) is 0.956. The molecule has 5 heteroatoms. The maximum Gasteiger partial charge on any atom is 0.244 e. The molecule has 2 amide bonds. The first-order chi connectivity index (χ1) is 6.75. The molecule has 0 saturated carbocycles. The third-order valence-corrected chi connectivity index (χ3v) is 2.10. The Morgan fingerprint density at radius 2 is 2.43 bits per heavy atom.